The summed E-state index contributed by atoms with van der Waals surface area (Å²) in [5.41, 5.74) is 4.07. The van der Waals surface area contributed by atoms with Crippen LogP contribution in [0.4, 0.5) is 5.69 Å². The molecule has 0 aliphatic carbocycles. The fourth-order valence-corrected chi connectivity index (χ4v) is 4.50. The van der Waals surface area contributed by atoms with E-state index in [1.807, 2.05) is 78.6 Å². The van der Waals surface area contributed by atoms with Crippen molar-refractivity contribution in [3.8, 4) is 17.2 Å². The number of aliphatic carboxylic acids is 2. The predicted molar refractivity (Wildman–Crippen MR) is 148 cm³/mol. The molecule has 206 valence electrons. The third-order valence-corrected chi connectivity index (χ3v) is 6.61. The Bertz CT molecular complexity index is 1240. The molecule has 8 nitrogen and oxygen atoms in total. The van der Waals surface area contributed by atoms with Gasteiger partial charge >= 0.3 is 11.9 Å². The molecule has 8 heteroatoms. The maximum atomic E-state index is 11.7. The number of hydrogen-bond acceptors (Lipinski definition) is 6. The summed E-state index contributed by atoms with van der Waals surface area (Å²) in [6, 6.07) is 21.8. The van der Waals surface area contributed by atoms with Gasteiger partial charge in [0.15, 0.2) is 0 Å². The molecule has 1 aliphatic rings. The van der Waals surface area contributed by atoms with Crippen molar-refractivity contribution in [3.63, 3.8) is 0 Å². The van der Waals surface area contributed by atoms with Crippen LogP contribution in [0.5, 0.6) is 17.2 Å². The molecule has 1 aliphatic heterocycles. The van der Waals surface area contributed by atoms with E-state index in [2.05, 4.69) is 0 Å². The molecule has 1 unspecified atom stereocenters. The van der Waals surface area contributed by atoms with E-state index < -0.39 is 18.0 Å². The molecule has 3 aromatic carbocycles. The molecule has 4 rings (SSSR count). The second-order valence-corrected chi connectivity index (χ2v) is 9.66. The van der Waals surface area contributed by atoms with Gasteiger partial charge in [-0.1, -0.05) is 42.0 Å². The Morgan fingerprint density at radius 3 is 2.21 bits per heavy atom. The molecule has 0 amide bonds. The van der Waals surface area contributed by atoms with Gasteiger partial charge in [-0.25, -0.2) is 4.79 Å². The average Bonchev–Trinajstić information content (AvgIpc) is 2.93. The first-order valence-electron chi connectivity index (χ1n) is 13.3. The van der Waals surface area contributed by atoms with Crippen LogP contribution in [-0.4, -0.2) is 54.6 Å². The van der Waals surface area contributed by atoms with Gasteiger partial charge in [0.25, 0.3) is 0 Å². The molecule has 1 heterocycles. The van der Waals surface area contributed by atoms with Gasteiger partial charge < -0.3 is 29.3 Å². The summed E-state index contributed by atoms with van der Waals surface area (Å²) in [7, 11) is 0. The Morgan fingerprint density at radius 2 is 1.56 bits per heavy atom. The van der Waals surface area contributed by atoms with Crippen molar-refractivity contribution in [2.24, 2.45) is 0 Å². The number of carboxylic acid groups (broad SMARTS) is 2. The molecule has 39 heavy (non-hydrogen) atoms. The van der Waals surface area contributed by atoms with Gasteiger partial charge in [0.2, 0.25) is 6.10 Å². The molecular weight excluding hydrogens is 498 g/mol. The van der Waals surface area contributed by atoms with Gasteiger partial charge in [0.1, 0.15) is 17.2 Å². The lowest BCUT2D eigenvalue weighted by atomic mass is 10.0. The highest BCUT2D eigenvalue weighted by molar-refractivity contribution is 5.77. The lowest BCUT2D eigenvalue weighted by Gasteiger charge is -2.35. The van der Waals surface area contributed by atoms with Crippen LogP contribution in [0, 0.1) is 6.92 Å². The number of benzene rings is 3. The van der Waals surface area contributed by atoms with Crippen molar-refractivity contribution < 1.29 is 34.0 Å². The number of anilines is 1. The van der Waals surface area contributed by atoms with Crippen molar-refractivity contribution >= 4 is 17.6 Å². The Labute approximate surface area is 228 Å². The highest BCUT2D eigenvalue weighted by Crippen LogP contribution is 2.37. The van der Waals surface area contributed by atoms with E-state index in [-0.39, 0.29) is 13.0 Å². The quantitative estimate of drug-likeness (QED) is 0.274. The van der Waals surface area contributed by atoms with Crippen LogP contribution in [0.1, 0.15) is 36.0 Å². The molecule has 0 spiro atoms. The van der Waals surface area contributed by atoms with Crippen molar-refractivity contribution in [2.75, 3.05) is 31.2 Å². The number of fused-ring (bicyclic) bond motifs is 1. The Kier molecular flexibility index (Phi) is 9.67. The second kappa shape index (κ2) is 13.6. The minimum Gasteiger partial charge on any atom is -0.493 e. The molecule has 0 aromatic heterocycles. The Morgan fingerprint density at radius 1 is 0.897 bits per heavy atom. The molecule has 0 saturated carbocycles. The van der Waals surface area contributed by atoms with Gasteiger partial charge in [-0.05, 0) is 67.6 Å². The molecule has 0 saturated heterocycles. The normalized spacial score (nSPS) is 14.3. The first kappa shape index (κ1) is 27.8. The number of aryl methyl sites for hydroxylation is 3. The first-order chi connectivity index (χ1) is 18.9. The lowest BCUT2D eigenvalue weighted by Crippen LogP contribution is -2.45. The number of ether oxygens (including phenoxy) is 3. The van der Waals surface area contributed by atoms with Gasteiger partial charge in [-0.2, -0.15) is 0 Å². The molecule has 2 N–H and O–H groups in total. The monoisotopic (exact) mass is 533 g/mol. The number of nitrogens with zero attached hydrogens (tertiary/aromatic N) is 1. The lowest BCUT2D eigenvalue weighted by molar-refractivity contribution is -0.145. The van der Waals surface area contributed by atoms with Crippen LogP contribution < -0.4 is 19.1 Å². The molecule has 1 atom stereocenters. The number of hydrogen-bond donors (Lipinski definition) is 2. The van der Waals surface area contributed by atoms with Crippen LogP contribution >= 0.6 is 0 Å². The van der Waals surface area contributed by atoms with Crippen LogP contribution in [-0.2, 0) is 22.4 Å². The number of carbonyl (C=O) groups is 2. The fraction of sp³-hybridized carbons (Fsp3) is 0.355. The van der Waals surface area contributed by atoms with Crippen LogP contribution in [0.25, 0.3) is 0 Å². The molecule has 0 fully saturated rings. The van der Waals surface area contributed by atoms with Crippen molar-refractivity contribution in [3.05, 3.63) is 83.4 Å². The highest BCUT2D eigenvalue weighted by Gasteiger charge is 2.31. The summed E-state index contributed by atoms with van der Waals surface area (Å²) < 4.78 is 17.5. The minimum absolute atomic E-state index is 0.0328. The summed E-state index contributed by atoms with van der Waals surface area (Å²) in [5, 5.41) is 18.6. The van der Waals surface area contributed by atoms with E-state index in [0.29, 0.717) is 38.3 Å². The number of para-hydroxylation sites is 1. The zero-order valence-electron chi connectivity index (χ0n) is 22.2. The summed E-state index contributed by atoms with van der Waals surface area (Å²) in [4.78, 5) is 24.6. The molecule has 0 radical (unpaired) electrons. The third kappa shape index (κ3) is 8.14. The smallest absolute Gasteiger partial charge is 0.346 e. The zero-order valence-corrected chi connectivity index (χ0v) is 22.2. The molecule has 0 bridgehead atoms. The largest absolute Gasteiger partial charge is 0.493 e. The topological polar surface area (TPSA) is 106 Å². The number of rotatable bonds is 14. The minimum atomic E-state index is -1.03. The zero-order chi connectivity index (χ0) is 27.6. The average molecular weight is 534 g/mol. The van der Waals surface area contributed by atoms with Crippen LogP contribution in [0.15, 0.2) is 66.7 Å². The van der Waals surface area contributed by atoms with E-state index in [0.717, 1.165) is 41.2 Å². The summed E-state index contributed by atoms with van der Waals surface area (Å²) in [6.07, 6.45) is 1.67. The van der Waals surface area contributed by atoms with Crippen molar-refractivity contribution in [2.45, 2.75) is 45.1 Å². The SMILES string of the molecule is Cc1ccc(OCCCOc2ccc(CCc3cccc4c3OC(C(=O)O)CN4CCCC(=O)O)cc2)cc1. The van der Waals surface area contributed by atoms with Crippen LogP contribution in [0.2, 0.25) is 0 Å². The second-order valence-electron chi connectivity index (χ2n) is 9.66. The predicted octanol–water partition coefficient (Wildman–Crippen LogP) is 5.14. The van der Waals surface area contributed by atoms with Gasteiger partial charge in [0, 0.05) is 19.4 Å². The van der Waals surface area contributed by atoms with Gasteiger partial charge in [-0.3, -0.25) is 4.79 Å². The van der Waals surface area contributed by atoms with E-state index in [1.54, 1.807) is 0 Å². The molecule has 3 aromatic rings. The molecular formula is C31H35NO7. The van der Waals surface area contributed by atoms with Crippen molar-refractivity contribution in [1.29, 1.82) is 0 Å². The summed E-state index contributed by atoms with van der Waals surface area (Å²) >= 11 is 0. The maximum absolute atomic E-state index is 11.7. The summed E-state index contributed by atoms with van der Waals surface area (Å²) in [6.45, 7) is 3.83. The van der Waals surface area contributed by atoms with E-state index in [9.17, 15) is 14.7 Å². The first-order valence-corrected chi connectivity index (χ1v) is 13.3. The highest BCUT2D eigenvalue weighted by atomic mass is 16.5. The van der Waals surface area contributed by atoms with E-state index in [1.165, 1.54) is 5.56 Å². The Hall–Kier alpha value is -4.20. The summed E-state index contributed by atoms with van der Waals surface area (Å²) in [5.74, 6) is 0.334. The standard InChI is InChI=1S/C31H35NO7/c1-22-8-14-25(15-9-22)37-19-4-20-38-26-16-11-23(12-17-26)10-13-24-5-2-6-27-30(24)39-28(31(35)36)21-32(27)18-3-7-29(33)34/h2,5-6,8-9,11-12,14-17,28H,3-4,7,10,13,18-21H2,1H3,(H,33,34)(H,35,36). The Balaban J connectivity index is 1.29. The van der Waals surface area contributed by atoms with E-state index >= 15 is 0 Å². The fourth-order valence-electron chi connectivity index (χ4n) is 4.50. The third-order valence-electron chi connectivity index (χ3n) is 6.61. The van der Waals surface area contributed by atoms with Gasteiger partial charge in [0.05, 0.1) is 25.4 Å². The van der Waals surface area contributed by atoms with Gasteiger partial charge in [-0.15, -0.1) is 0 Å². The maximum Gasteiger partial charge on any atom is 0.346 e. The van der Waals surface area contributed by atoms with E-state index in [4.69, 9.17) is 19.3 Å². The van der Waals surface area contributed by atoms with Crippen LogP contribution in [0.3, 0.4) is 0 Å². The number of carboxylic acids is 2. The van der Waals surface area contributed by atoms with Crippen molar-refractivity contribution in [1.82, 2.24) is 0 Å².